The van der Waals surface area contributed by atoms with E-state index in [0.717, 1.165) is 0 Å². The molecule has 0 bridgehead atoms. The van der Waals surface area contributed by atoms with Crippen molar-refractivity contribution in [1.82, 2.24) is 9.97 Å². The van der Waals surface area contributed by atoms with Crippen LogP contribution in [0.25, 0.3) is 0 Å². The van der Waals surface area contributed by atoms with Gasteiger partial charge in [-0.05, 0) is 12.1 Å². The smallest absolute Gasteiger partial charge is 0.328 e. The molecular weight excluding hydrogens is 343 g/mol. The summed E-state index contributed by atoms with van der Waals surface area (Å²) >= 11 is 12.4. The molecule has 3 rings (SSSR count). The van der Waals surface area contributed by atoms with Gasteiger partial charge >= 0.3 is 5.69 Å². The van der Waals surface area contributed by atoms with Crippen LogP contribution in [-0.4, -0.2) is 9.97 Å². The molecule has 9 heteroatoms. The zero-order chi connectivity index (χ0) is 16.7. The number of nitrogens with one attached hydrogen (secondary N) is 2. The first kappa shape index (κ1) is 15.2. The Balaban J connectivity index is 2.42. The standard InChI is InChI=1S/C14H8Cl2N4O3/c15-6-2-1-3-7(16)9(6)8-5(4-17)11(18)23-13-10(8)12(21)19-14(22)20-13/h1-3,8H,18H2,(H2,19,20,21,22). The fourth-order valence-electron chi connectivity index (χ4n) is 2.46. The molecule has 4 N–H and O–H groups in total. The van der Waals surface area contributed by atoms with E-state index in [1.165, 1.54) is 0 Å². The van der Waals surface area contributed by atoms with Crippen LogP contribution in [0.4, 0.5) is 0 Å². The predicted octanol–water partition coefficient (Wildman–Crippen LogP) is 1.59. The summed E-state index contributed by atoms with van der Waals surface area (Å²) in [4.78, 5) is 28.1. The number of allylic oxidation sites excluding steroid dienone is 1. The molecule has 0 spiro atoms. The largest absolute Gasteiger partial charge is 0.424 e. The van der Waals surface area contributed by atoms with Crippen molar-refractivity contribution in [3.63, 3.8) is 0 Å². The third-order valence-corrected chi connectivity index (χ3v) is 4.07. The normalized spacial score (nSPS) is 16.5. The summed E-state index contributed by atoms with van der Waals surface area (Å²) in [6.45, 7) is 0. The van der Waals surface area contributed by atoms with E-state index >= 15 is 0 Å². The van der Waals surface area contributed by atoms with Gasteiger partial charge in [0.25, 0.3) is 5.56 Å². The number of fused-ring (bicyclic) bond motifs is 1. The van der Waals surface area contributed by atoms with Crippen LogP contribution < -0.4 is 21.7 Å². The molecule has 116 valence electrons. The maximum Gasteiger partial charge on any atom is 0.328 e. The summed E-state index contributed by atoms with van der Waals surface area (Å²) in [6.07, 6.45) is 0. The van der Waals surface area contributed by atoms with Gasteiger partial charge in [0.05, 0.1) is 11.5 Å². The first-order valence-electron chi connectivity index (χ1n) is 6.32. The average Bonchev–Trinajstić information content (AvgIpc) is 2.46. The minimum absolute atomic E-state index is 0.00495. The monoisotopic (exact) mass is 350 g/mol. The van der Waals surface area contributed by atoms with E-state index in [1.807, 2.05) is 6.07 Å². The molecule has 23 heavy (non-hydrogen) atoms. The molecule has 7 nitrogen and oxygen atoms in total. The van der Waals surface area contributed by atoms with Crippen molar-refractivity contribution in [3.8, 4) is 11.9 Å². The third-order valence-electron chi connectivity index (χ3n) is 3.41. The third kappa shape index (κ3) is 2.38. The van der Waals surface area contributed by atoms with E-state index in [9.17, 15) is 14.9 Å². The molecule has 0 saturated heterocycles. The minimum atomic E-state index is -0.953. The Hall–Kier alpha value is -2.69. The summed E-state index contributed by atoms with van der Waals surface area (Å²) < 4.78 is 5.20. The highest BCUT2D eigenvalue weighted by molar-refractivity contribution is 6.36. The van der Waals surface area contributed by atoms with Gasteiger partial charge in [0, 0.05) is 15.6 Å². The van der Waals surface area contributed by atoms with Crippen LogP contribution in [0, 0.1) is 11.3 Å². The van der Waals surface area contributed by atoms with Crippen molar-refractivity contribution >= 4 is 23.2 Å². The van der Waals surface area contributed by atoms with Crippen LogP contribution in [0.1, 0.15) is 17.0 Å². The van der Waals surface area contributed by atoms with Gasteiger partial charge in [0.15, 0.2) is 0 Å². The molecule has 0 aliphatic carbocycles. The number of benzene rings is 1. The Kier molecular flexibility index (Phi) is 3.64. The van der Waals surface area contributed by atoms with Gasteiger partial charge in [-0.25, -0.2) is 4.79 Å². The van der Waals surface area contributed by atoms with Gasteiger partial charge in [-0.3, -0.25) is 14.8 Å². The van der Waals surface area contributed by atoms with Crippen LogP contribution in [0.5, 0.6) is 5.88 Å². The summed E-state index contributed by atoms with van der Waals surface area (Å²) in [7, 11) is 0. The summed E-state index contributed by atoms with van der Waals surface area (Å²) in [6, 6.07) is 6.68. The molecule has 0 amide bonds. The first-order valence-corrected chi connectivity index (χ1v) is 7.07. The lowest BCUT2D eigenvalue weighted by Gasteiger charge is -2.25. The Bertz CT molecular complexity index is 980. The number of nitrogens with two attached hydrogens (primary N) is 1. The van der Waals surface area contributed by atoms with Crippen LogP contribution in [0.3, 0.4) is 0 Å². The molecule has 0 saturated carbocycles. The van der Waals surface area contributed by atoms with Crippen LogP contribution in [0.2, 0.25) is 10.0 Å². The molecule has 1 aliphatic heterocycles. The molecular formula is C14H8Cl2N4O3. The average molecular weight is 351 g/mol. The van der Waals surface area contributed by atoms with Crippen molar-refractivity contribution < 1.29 is 4.74 Å². The molecule has 1 unspecified atom stereocenters. The molecule has 1 aromatic carbocycles. The van der Waals surface area contributed by atoms with Crippen molar-refractivity contribution in [1.29, 1.82) is 5.26 Å². The number of hydrogen-bond donors (Lipinski definition) is 3. The molecule has 0 fully saturated rings. The lowest BCUT2D eigenvalue weighted by molar-refractivity contribution is 0.373. The molecule has 1 aliphatic rings. The van der Waals surface area contributed by atoms with Crippen molar-refractivity contribution in [2.75, 3.05) is 0 Å². The van der Waals surface area contributed by atoms with Crippen LogP contribution in [0.15, 0.2) is 39.2 Å². The van der Waals surface area contributed by atoms with Gasteiger partial charge in [-0.15, -0.1) is 0 Å². The maximum atomic E-state index is 12.2. The van der Waals surface area contributed by atoms with Gasteiger partial charge in [0.1, 0.15) is 11.6 Å². The molecule has 1 atom stereocenters. The number of ether oxygens (including phenoxy) is 1. The van der Waals surface area contributed by atoms with Gasteiger partial charge in [0.2, 0.25) is 11.8 Å². The Labute approximate surface area is 138 Å². The number of aromatic amines is 2. The molecule has 2 heterocycles. The lowest BCUT2D eigenvalue weighted by Crippen LogP contribution is -2.33. The number of nitriles is 1. The summed E-state index contributed by atoms with van der Waals surface area (Å²) in [5, 5.41) is 9.91. The highest BCUT2D eigenvalue weighted by Crippen LogP contribution is 2.43. The fourth-order valence-corrected chi connectivity index (χ4v) is 3.08. The van der Waals surface area contributed by atoms with E-state index in [-0.39, 0.29) is 32.9 Å². The highest BCUT2D eigenvalue weighted by Gasteiger charge is 2.36. The zero-order valence-corrected chi connectivity index (χ0v) is 12.8. The van der Waals surface area contributed by atoms with Gasteiger partial charge in [-0.1, -0.05) is 29.3 Å². The van der Waals surface area contributed by atoms with E-state index in [4.69, 9.17) is 33.7 Å². The Morgan fingerprint density at radius 3 is 2.43 bits per heavy atom. The van der Waals surface area contributed by atoms with Crippen LogP contribution >= 0.6 is 23.2 Å². The zero-order valence-electron chi connectivity index (χ0n) is 11.3. The van der Waals surface area contributed by atoms with Crippen molar-refractivity contribution in [2.45, 2.75) is 5.92 Å². The van der Waals surface area contributed by atoms with E-state index in [2.05, 4.69) is 9.97 Å². The maximum absolute atomic E-state index is 12.2. The minimum Gasteiger partial charge on any atom is -0.424 e. The second-order valence-corrected chi connectivity index (χ2v) is 5.53. The highest BCUT2D eigenvalue weighted by atomic mass is 35.5. The number of rotatable bonds is 1. The number of H-pyrrole nitrogens is 2. The first-order chi connectivity index (χ1) is 10.9. The second-order valence-electron chi connectivity index (χ2n) is 4.71. The van der Waals surface area contributed by atoms with E-state index in [0.29, 0.717) is 5.56 Å². The number of halogens is 2. The number of nitrogens with zero attached hydrogens (tertiary/aromatic N) is 1. The second kappa shape index (κ2) is 5.50. The van der Waals surface area contributed by atoms with E-state index < -0.39 is 17.2 Å². The molecule has 1 aromatic heterocycles. The number of aromatic nitrogens is 2. The van der Waals surface area contributed by atoms with Crippen molar-refractivity contribution in [3.05, 3.63) is 71.7 Å². The predicted molar refractivity (Wildman–Crippen MR) is 83.4 cm³/mol. The van der Waals surface area contributed by atoms with E-state index in [1.54, 1.807) is 18.2 Å². The molecule has 0 radical (unpaired) electrons. The SMILES string of the molecule is N#CC1=C(N)Oc2[nH]c(=O)[nH]c(=O)c2C1c1c(Cl)cccc1Cl. The summed E-state index contributed by atoms with van der Waals surface area (Å²) in [5.74, 6) is -1.33. The number of hydrogen-bond acceptors (Lipinski definition) is 5. The van der Waals surface area contributed by atoms with Gasteiger partial charge < -0.3 is 10.5 Å². The quantitative estimate of drug-likeness (QED) is 0.720. The summed E-state index contributed by atoms with van der Waals surface area (Å²) in [5.41, 5.74) is 4.58. The fraction of sp³-hybridized carbons (Fsp3) is 0.0714. The lowest BCUT2D eigenvalue weighted by atomic mass is 9.85. The molecule has 2 aromatic rings. The topological polar surface area (TPSA) is 125 Å². The Morgan fingerprint density at radius 1 is 1.17 bits per heavy atom. The van der Waals surface area contributed by atoms with Crippen molar-refractivity contribution in [2.24, 2.45) is 5.73 Å². The van der Waals surface area contributed by atoms with Crippen LogP contribution in [-0.2, 0) is 0 Å². The Morgan fingerprint density at radius 2 is 1.83 bits per heavy atom. The van der Waals surface area contributed by atoms with Gasteiger partial charge in [-0.2, -0.15) is 5.26 Å².